The second-order valence-electron chi connectivity index (χ2n) is 5.37. The minimum atomic E-state index is 0.215. The summed E-state index contributed by atoms with van der Waals surface area (Å²) in [5, 5.41) is 8.58. The second kappa shape index (κ2) is 7.65. The van der Waals surface area contributed by atoms with Crippen LogP contribution in [0.4, 0.5) is 5.69 Å². The summed E-state index contributed by atoms with van der Waals surface area (Å²) in [5.74, 6) is 0.215. The Hall–Kier alpha value is -2.06. The summed E-state index contributed by atoms with van der Waals surface area (Å²) in [6, 6.07) is 9.85. The molecule has 0 aliphatic carbocycles. The summed E-state index contributed by atoms with van der Waals surface area (Å²) < 4.78 is 0. The number of nitrogens with zero attached hydrogens (tertiary/aromatic N) is 3. The van der Waals surface area contributed by atoms with Crippen LogP contribution < -0.4 is 5.73 Å². The van der Waals surface area contributed by atoms with Gasteiger partial charge < -0.3 is 10.6 Å². The number of hydrogen-bond acceptors (Lipinski definition) is 4. The van der Waals surface area contributed by atoms with E-state index in [1.165, 1.54) is 0 Å². The van der Waals surface area contributed by atoms with E-state index < -0.39 is 0 Å². The van der Waals surface area contributed by atoms with E-state index in [0.717, 1.165) is 50.4 Å². The lowest BCUT2D eigenvalue weighted by atomic mass is 10.1. The lowest BCUT2D eigenvalue weighted by molar-refractivity contribution is -0.132. The Morgan fingerprint density at radius 3 is 2.48 bits per heavy atom. The fourth-order valence-electron chi connectivity index (χ4n) is 2.52. The molecule has 2 N–H and O–H groups in total. The Morgan fingerprint density at radius 2 is 1.86 bits per heavy atom. The molecular weight excluding hydrogens is 264 g/mol. The SMILES string of the molecule is N#CCCN1CCN(C(=O)CCc2ccc(N)cc2)CC1. The van der Waals surface area contributed by atoms with E-state index in [9.17, 15) is 4.79 Å². The van der Waals surface area contributed by atoms with E-state index >= 15 is 0 Å². The van der Waals surface area contributed by atoms with Gasteiger partial charge in [-0.3, -0.25) is 9.69 Å². The average molecular weight is 286 g/mol. The molecule has 1 aromatic rings. The van der Waals surface area contributed by atoms with Gasteiger partial charge in [0.25, 0.3) is 0 Å². The summed E-state index contributed by atoms with van der Waals surface area (Å²) in [7, 11) is 0. The summed E-state index contributed by atoms with van der Waals surface area (Å²) in [6.07, 6.45) is 1.86. The molecule has 1 saturated heterocycles. The monoisotopic (exact) mass is 286 g/mol. The van der Waals surface area contributed by atoms with Gasteiger partial charge in [-0.25, -0.2) is 0 Å². The van der Waals surface area contributed by atoms with E-state index in [1.54, 1.807) is 0 Å². The first kappa shape index (κ1) is 15.3. The van der Waals surface area contributed by atoms with E-state index in [-0.39, 0.29) is 5.91 Å². The maximum Gasteiger partial charge on any atom is 0.222 e. The third kappa shape index (κ3) is 4.76. The van der Waals surface area contributed by atoms with Gasteiger partial charge in [-0.2, -0.15) is 5.26 Å². The number of amides is 1. The molecule has 0 saturated carbocycles. The van der Waals surface area contributed by atoms with E-state index in [4.69, 9.17) is 11.0 Å². The molecule has 1 aliphatic rings. The fourth-order valence-corrected chi connectivity index (χ4v) is 2.52. The zero-order valence-electron chi connectivity index (χ0n) is 12.3. The number of carbonyl (C=O) groups is 1. The first-order chi connectivity index (χ1) is 10.2. The number of anilines is 1. The van der Waals surface area contributed by atoms with Crippen LogP contribution in [0.1, 0.15) is 18.4 Å². The lowest BCUT2D eigenvalue weighted by Gasteiger charge is -2.34. The Balaban J connectivity index is 1.72. The topological polar surface area (TPSA) is 73.4 Å². The van der Waals surface area contributed by atoms with Crippen molar-refractivity contribution in [3.8, 4) is 6.07 Å². The molecule has 0 radical (unpaired) electrons. The van der Waals surface area contributed by atoms with Crippen molar-refractivity contribution >= 4 is 11.6 Å². The predicted molar refractivity (Wildman–Crippen MR) is 82.4 cm³/mol. The smallest absolute Gasteiger partial charge is 0.222 e. The third-order valence-electron chi connectivity index (χ3n) is 3.87. The normalized spacial score (nSPS) is 15.7. The molecule has 112 valence electrons. The summed E-state index contributed by atoms with van der Waals surface area (Å²) in [6.45, 7) is 4.09. The number of nitrogen functional groups attached to an aromatic ring is 1. The number of nitrogens with two attached hydrogens (primary N) is 1. The predicted octanol–water partition coefficient (Wildman–Crippen LogP) is 1.26. The number of piperazine rings is 1. The Labute approximate surface area is 125 Å². The third-order valence-corrected chi connectivity index (χ3v) is 3.87. The standard InChI is InChI=1S/C16H22N4O/c17-8-1-9-19-10-12-20(13-11-19)16(21)7-4-14-2-5-15(18)6-3-14/h2-3,5-6H,1,4,7,9-13,18H2. The lowest BCUT2D eigenvalue weighted by Crippen LogP contribution is -2.48. The largest absolute Gasteiger partial charge is 0.399 e. The molecule has 0 aromatic heterocycles. The van der Waals surface area contributed by atoms with Crippen LogP contribution in [0.2, 0.25) is 0 Å². The molecule has 0 spiro atoms. The maximum absolute atomic E-state index is 12.2. The van der Waals surface area contributed by atoms with Crippen molar-refractivity contribution in [2.24, 2.45) is 0 Å². The quantitative estimate of drug-likeness (QED) is 0.827. The maximum atomic E-state index is 12.2. The van der Waals surface area contributed by atoms with Gasteiger partial charge in [0.1, 0.15) is 0 Å². The first-order valence-corrected chi connectivity index (χ1v) is 7.40. The number of rotatable bonds is 5. The minimum absolute atomic E-state index is 0.215. The molecule has 0 unspecified atom stereocenters. The van der Waals surface area contributed by atoms with Gasteiger partial charge in [0.05, 0.1) is 6.07 Å². The van der Waals surface area contributed by atoms with Crippen molar-refractivity contribution < 1.29 is 4.79 Å². The van der Waals surface area contributed by atoms with Gasteiger partial charge >= 0.3 is 0 Å². The summed E-state index contributed by atoms with van der Waals surface area (Å²) in [4.78, 5) is 16.4. The number of aryl methyl sites for hydroxylation is 1. The van der Waals surface area contributed by atoms with Gasteiger partial charge in [0.15, 0.2) is 0 Å². The van der Waals surface area contributed by atoms with Crippen LogP contribution in [-0.2, 0) is 11.2 Å². The van der Waals surface area contributed by atoms with E-state index in [2.05, 4.69) is 11.0 Å². The molecule has 1 fully saturated rings. The fraction of sp³-hybridized carbons (Fsp3) is 0.500. The van der Waals surface area contributed by atoms with Crippen LogP contribution in [-0.4, -0.2) is 48.4 Å². The molecule has 2 rings (SSSR count). The number of carbonyl (C=O) groups excluding carboxylic acids is 1. The van der Waals surface area contributed by atoms with Crippen LogP contribution >= 0.6 is 0 Å². The highest BCUT2D eigenvalue weighted by molar-refractivity contribution is 5.76. The zero-order valence-corrected chi connectivity index (χ0v) is 12.3. The van der Waals surface area contributed by atoms with Crippen LogP contribution in [0.15, 0.2) is 24.3 Å². The molecule has 5 heteroatoms. The van der Waals surface area contributed by atoms with E-state index in [0.29, 0.717) is 12.8 Å². The molecule has 21 heavy (non-hydrogen) atoms. The van der Waals surface area contributed by atoms with Crippen LogP contribution in [0, 0.1) is 11.3 Å². The van der Waals surface area contributed by atoms with Gasteiger partial charge in [-0.05, 0) is 24.1 Å². The minimum Gasteiger partial charge on any atom is -0.399 e. The summed E-state index contributed by atoms with van der Waals surface area (Å²) >= 11 is 0. The molecule has 1 aromatic carbocycles. The van der Waals surface area contributed by atoms with Crippen molar-refractivity contribution in [1.29, 1.82) is 5.26 Å². The first-order valence-electron chi connectivity index (χ1n) is 7.40. The molecular formula is C16H22N4O. The highest BCUT2D eigenvalue weighted by Gasteiger charge is 2.20. The molecule has 1 aliphatic heterocycles. The molecule has 5 nitrogen and oxygen atoms in total. The highest BCUT2D eigenvalue weighted by Crippen LogP contribution is 2.10. The highest BCUT2D eigenvalue weighted by atomic mass is 16.2. The van der Waals surface area contributed by atoms with Crippen molar-refractivity contribution in [3.05, 3.63) is 29.8 Å². The van der Waals surface area contributed by atoms with Crippen LogP contribution in [0.25, 0.3) is 0 Å². The molecule has 0 bridgehead atoms. The number of nitriles is 1. The average Bonchev–Trinajstić information content (AvgIpc) is 2.52. The molecule has 0 atom stereocenters. The van der Waals surface area contributed by atoms with Crippen LogP contribution in [0.3, 0.4) is 0 Å². The number of benzene rings is 1. The summed E-state index contributed by atoms with van der Waals surface area (Å²) in [5.41, 5.74) is 7.54. The van der Waals surface area contributed by atoms with Gasteiger partial charge in [0, 0.05) is 51.3 Å². The number of hydrogen-bond donors (Lipinski definition) is 1. The molecule has 1 heterocycles. The van der Waals surface area contributed by atoms with Crippen molar-refractivity contribution in [2.75, 3.05) is 38.5 Å². The van der Waals surface area contributed by atoms with Gasteiger partial charge in [0.2, 0.25) is 5.91 Å². The Morgan fingerprint density at radius 1 is 1.19 bits per heavy atom. The Kier molecular flexibility index (Phi) is 5.59. The molecule has 1 amide bonds. The van der Waals surface area contributed by atoms with Crippen molar-refractivity contribution in [3.63, 3.8) is 0 Å². The van der Waals surface area contributed by atoms with Crippen molar-refractivity contribution in [1.82, 2.24) is 9.80 Å². The zero-order chi connectivity index (χ0) is 15.1. The van der Waals surface area contributed by atoms with Crippen LogP contribution in [0.5, 0.6) is 0 Å². The van der Waals surface area contributed by atoms with Gasteiger partial charge in [-0.1, -0.05) is 12.1 Å². The van der Waals surface area contributed by atoms with Gasteiger partial charge in [-0.15, -0.1) is 0 Å². The Bertz CT molecular complexity index is 498. The van der Waals surface area contributed by atoms with Crippen molar-refractivity contribution in [2.45, 2.75) is 19.3 Å². The van der Waals surface area contributed by atoms with E-state index in [1.807, 2.05) is 29.2 Å². The second-order valence-corrected chi connectivity index (χ2v) is 5.37.